The molecule has 3 heteroatoms. The number of hydrogen-bond donors (Lipinski definition) is 2. The first-order chi connectivity index (χ1) is 4.66. The van der Waals surface area contributed by atoms with Crippen LogP contribution in [-0.2, 0) is 4.74 Å². The predicted octanol–water partition coefficient (Wildman–Crippen LogP) is -0.317. The molecule has 0 spiro atoms. The van der Waals surface area contributed by atoms with Crippen LogP contribution in [0.5, 0.6) is 0 Å². The Morgan fingerprint density at radius 1 is 1.70 bits per heavy atom. The normalized spacial score (nSPS) is 40.7. The minimum Gasteiger partial charge on any atom is -0.393 e. The molecule has 1 rings (SSSR count). The molecular formula is C7H12O3. The summed E-state index contributed by atoms with van der Waals surface area (Å²) in [5.74, 6) is 0. The summed E-state index contributed by atoms with van der Waals surface area (Å²) in [4.78, 5) is 0. The van der Waals surface area contributed by atoms with Crippen LogP contribution in [0.4, 0.5) is 0 Å². The van der Waals surface area contributed by atoms with Crippen molar-refractivity contribution < 1.29 is 14.9 Å². The second kappa shape index (κ2) is 2.70. The molecule has 0 unspecified atom stereocenters. The largest absolute Gasteiger partial charge is 0.393 e. The minimum absolute atomic E-state index is 0.0970. The summed E-state index contributed by atoms with van der Waals surface area (Å²) in [7, 11) is 0. The second-order valence-electron chi connectivity index (χ2n) is 2.53. The van der Waals surface area contributed by atoms with Gasteiger partial charge in [-0.2, -0.15) is 0 Å². The molecule has 0 saturated carbocycles. The van der Waals surface area contributed by atoms with Crippen LogP contribution in [0.25, 0.3) is 0 Å². The molecule has 0 aromatic heterocycles. The van der Waals surface area contributed by atoms with Crippen LogP contribution in [-0.4, -0.2) is 35.1 Å². The zero-order chi connectivity index (χ0) is 7.72. The van der Waals surface area contributed by atoms with Crippen LogP contribution < -0.4 is 0 Å². The van der Waals surface area contributed by atoms with Gasteiger partial charge in [-0.15, -0.1) is 0 Å². The quantitative estimate of drug-likeness (QED) is 0.496. The van der Waals surface area contributed by atoms with Crippen molar-refractivity contribution in [2.24, 2.45) is 0 Å². The molecule has 0 bridgehead atoms. The maximum atomic E-state index is 9.23. The van der Waals surface area contributed by atoms with E-state index in [0.29, 0.717) is 5.57 Å². The van der Waals surface area contributed by atoms with E-state index in [0.717, 1.165) is 0 Å². The van der Waals surface area contributed by atoms with Crippen molar-refractivity contribution in [1.82, 2.24) is 0 Å². The zero-order valence-corrected chi connectivity index (χ0v) is 5.95. The van der Waals surface area contributed by atoms with Crippen LogP contribution >= 0.6 is 0 Å². The van der Waals surface area contributed by atoms with Crippen LogP contribution in [0.1, 0.15) is 6.92 Å². The highest BCUT2D eigenvalue weighted by atomic mass is 16.5. The van der Waals surface area contributed by atoms with E-state index in [9.17, 15) is 5.11 Å². The molecule has 0 aliphatic carbocycles. The lowest BCUT2D eigenvalue weighted by atomic mass is 10.1. The fraction of sp³-hybridized carbons (Fsp3) is 0.714. The van der Waals surface area contributed by atoms with Gasteiger partial charge in [0.05, 0.1) is 12.7 Å². The van der Waals surface area contributed by atoms with Crippen molar-refractivity contribution in [3.8, 4) is 0 Å². The summed E-state index contributed by atoms with van der Waals surface area (Å²) in [5.41, 5.74) is 0.579. The molecule has 1 heterocycles. The SMILES string of the molecule is C=C1[C@@H](O)[C@H](C)O[C@@H]1CO. The Morgan fingerprint density at radius 2 is 2.30 bits per heavy atom. The Balaban J connectivity index is 2.62. The molecule has 1 aliphatic rings. The van der Waals surface area contributed by atoms with Crippen LogP contribution in [0.3, 0.4) is 0 Å². The van der Waals surface area contributed by atoms with E-state index in [-0.39, 0.29) is 18.8 Å². The van der Waals surface area contributed by atoms with Crippen molar-refractivity contribution in [2.75, 3.05) is 6.61 Å². The number of aliphatic hydroxyl groups is 2. The van der Waals surface area contributed by atoms with Crippen molar-refractivity contribution in [3.05, 3.63) is 12.2 Å². The number of rotatable bonds is 1. The molecule has 3 nitrogen and oxygen atoms in total. The smallest absolute Gasteiger partial charge is 0.104 e. The summed E-state index contributed by atoms with van der Waals surface area (Å²) in [5, 5.41) is 17.9. The number of hydrogen-bond acceptors (Lipinski definition) is 3. The van der Waals surface area contributed by atoms with Gasteiger partial charge in [0.15, 0.2) is 0 Å². The second-order valence-corrected chi connectivity index (χ2v) is 2.53. The average Bonchev–Trinajstić information content (AvgIpc) is 2.17. The van der Waals surface area contributed by atoms with Crippen molar-refractivity contribution in [1.29, 1.82) is 0 Å². The highest BCUT2D eigenvalue weighted by molar-refractivity contribution is 5.15. The van der Waals surface area contributed by atoms with Gasteiger partial charge in [0.25, 0.3) is 0 Å². The summed E-state index contributed by atoms with van der Waals surface area (Å²) >= 11 is 0. The molecular weight excluding hydrogens is 132 g/mol. The maximum Gasteiger partial charge on any atom is 0.104 e. The van der Waals surface area contributed by atoms with Gasteiger partial charge in [-0.25, -0.2) is 0 Å². The standard InChI is InChI=1S/C7H12O3/c1-4-6(3-8)10-5(2)7(4)9/h5-9H,1,3H2,2H3/t5-,6+,7+/m0/s1. The Labute approximate surface area is 59.9 Å². The molecule has 0 amide bonds. The molecule has 0 aromatic rings. The lowest BCUT2D eigenvalue weighted by Gasteiger charge is -2.05. The van der Waals surface area contributed by atoms with Gasteiger partial charge in [0.2, 0.25) is 0 Å². The predicted molar refractivity (Wildman–Crippen MR) is 36.6 cm³/mol. The van der Waals surface area contributed by atoms with Gasteiger partial charge in [0.1, 0.15) is 12.2 Å². The first kappa shape index (κ1) is 7.72. The molecule has 0 radical (unpaired) electrons. The fourth-order valence-corrected chi connectivity index (χ4v) is 1.07. The Kier molecular flexibility index (Phi) is 2.08. The summed E-state index contributed by atoms with van der Waals surface area (Å²) < 4.78 is 5.14. The summed E-state index contributed by atoms with van der Waals surface area (Å²) in [6, 6.07) is 0. The lowest BCUT2D eigenvalue weighted by Crippen LogP contribution is -2.17. The van der Waals surface area contributed by atoms with Gasteiger partial charge in [-0.1, -0.05) is 6.58 Å². The molecule has 0 aromatic carbocycles. The van der Waals surface area contributed by atoms with E-state index >= 15 is 0 Å². The minimum atomic E-state index is -0.614. The Hall–Kier alpha value is -0.380. The maximum absolute atomic E-state index is 9.23. The topological polar surface area (TPSA) is 49.7 Å². The lowest BCUT2D eigenvalue weighted by molar-refractivity contribution is 0.00194. The summed E-state index contributed by atoms with van der Waals surface area (Å²) in [6.07, 6.45) is -1.22. The Morgan fingerprint density at radius 3 is 2.50 bits per heavy atom. The fourth-order valence-electron chi connectivity index (χ4n) is 1.07. The van der Waals surface area contributed by atoms with Crippen molar-refractivity contribution >= 4 is 0 Å². The van der Waals surface area contributed by atoms with Crippen LogP contribution in [0, 0.1) is 0 Å². The molecule has 3 atom stereocenters. The van der Waals surface area contributed by atoms with Crippen molar-refractivity contribution in [3.63, 3.8) is 0 Å². The van der Waals surface area contributed by atoms with E-state index in [4.69, 9.17) is 9.84 Å². The number of aliphatic hydroxyl groups excluding tert-OH is 2. The van der Waals surface area contributed by atoms with Crippen LogP contribution in [0.2, 0.25) is 0 Å². The van der Waals surface area contributed by atoms with Gasteiger partial charge < -0.3 is 14.9 Å². The van der Waals surface area contributed by atoms with Gasteiger partial charge in [-0.05, 0) is 12.5 Å². The molecule has 1 aliphatic heterocycles. The number of ether oxygens (including phenoxy) is 1. The van der Waals surface area contributed by atoms with E-state index in [1.807, 2.05) is 0 Å². The average molecular weight is 144 g/mol. The third-order valence-electron chi connectivity index (χ3n) is 1.78. The monoisotopic (exact) mass is 144 g/mol. The molecule has 10 heavy (non-hydrogen) atoms. The van der Waals surface area contributed by atoms with E-state index in [1.54, 1.807) is 6.92 Å². The van der Waals surface area contributed by atoms with Gasteiger partial charge in [-0.3, -0.25) is 0 Å². The molecule has 1 saturated heterocycles. The molecule has 1 fully saturated rings. The zero-order valence-electron chi connectivity index (χ0n) is 5.95. The summed E-state index contributed by atoms with van der Waals surface area (Å²) in [6.45, 7) is 5.26. The van der Waals surface area contributed by atoms with E-state index < -0.39 is 6.10 Å². The van der Waals surface area contributed by atoms with E-state index in [2.05, 4.69) is 6.58 Å². The van der Waals surface area contributed by atoms with Crippen LogP contribution in [0.15, 0.2) is 12.2 Å². The Bertz CT molecular complexity index is 144. The van der Waals surface area contributed by atoms with Gasteiger partial charge in [0, 0.05) is 0 Å². The van der Waals surface area contributed by atoms with Gasteiger partial charge >= 0.3 is 0 Å². The van der Waals surface area contributed by atoms with Crippen molar-refractivity contribution in [2.45, 2.75) is 25.2 Å². The van der Waals surface area contributed by atoms with E-state index in [1.165, 1.54) is 0 Å². The molecule has 58 valence electrons. The highest BCUT2D eigenvalue weighted by Gasteiger charge is 2.33. The first-order valence-corrected chi connectivity index (χ1v) is 3.30. The molecule has 2 N–H and O–H groups in total. The third-order valence-corrected chi connectivity index (χ3v) is 1.78. The third kappa shape index (κ3) is 1.08. The highest BCUT2D eigenvalue weighted by Crippen LogP contribution is 2.23. The first-order valence-electron chi connectivity index (χ1n) is 3.30.